The first-order chi connectivity index (χ1) is 14.3. The summed E-state index contributed by atoms with van der Waals surface area (Å²) in [5.41, 5.74) is 2.21. The highest BCUT2D eigenvalue weighted by atomic mass is 79.9. The van der Waals surface area contributed by atoms with E-state index < -0.39 is 0 Å². The molecular weight excluding hydrogens is 468 g/mol. The molecule has 4 rings (SSSR count). The van der Waals surface area contributed by atoms with Crippen LogP contribution in [0.4, 0.5) is 0 Å². The molecule has 3 aromatic rings. The summed E-state index contributed by atoms with van der Waals surface area (Å²) >= 11 is 8.80. The molecule has 154 valence electrons. The van der Waals surface area contributed by atoms with Gasteiger partial charge in [0.2, 0.25) is 5.91 Å². The summed E-state index contributed by atoms with van der Waals surface area (Å²) in [5, 5.41) is 4.23. The Labute approximate surface area is 187 Å². The van der Waals surface area contributed by atoms with Crippen molar-refractivity contribution in [2.45, 2.75) is 13.1 Å². The van der Waals surface area contributed by atoms with E-state index in [1.54, 1.807) is 31.3 Å². The number of carbonyl (C=O) groups excluding carboxylic acids is 2. The zero-order valence-electron chi connectivity index (χ0n) is 16.4. The van der Waals surface area contributed by atoms with Crippen molar-refractivity contribution in [2.24, 2.45) is 0 Å². The third-order valence-corrected chi connectivity index (χ3v) is 6.02. The number of carbonyl (C=O) groups is 2. The van der Waals surface area contributed by atoms with E-state index >= 15 is 0 Å². The van der Waals surface area contributed by atoms with Crippen LogP contribution in [0.2, 0.25) is 0 Å². The lowest BCUT2D eigenvalue weighted by molar-refractivity contribution is -0.122. The molecule has 1 aliphatic rings. The van der Waals surface area contributed by atoms with Gasteiger partial charge in [0.05, 0.1) is 12.8 Å². The Morgan fingerprint density at radius 1 is 1.27 bits per heavy atom. The van der Waals surface area contributed by atoms with Gasteiger partial charge in [-0.3, -0.25) is 14.5 Å². The molecule has 9 heteroatoms. The fourth-order valence-electron chi connectivity index (χ4n) is 3.39. The first-order valence-electron chi connectivity index (χ1n) is 9.20. The Kier molecular flexibility index (Phi) is 5.48. The second-order valence-electron chi connectivity index (χ2n) is 6.97. The summed E-state index contributed by atoms with van der Waals surface area (Å²) in [4.78, 5) is 28.2. The van der Waals surface area contributed by atoms with Crippen molar-refractivity contribution in [3.05, 3.63) is 64.3 Å². The van der Waals surface area contributed by atoms with Crippen LogP contribution in [-0.4, -0.2) is 45.4 Å². The molecule has 30 heavy (non-hydrogen) atoms. The van der Waals surface area contributed by atoms with Gasteiger partial charge < -0.3 is 19.2 Å². The number of furan rings is 1. The highest BCUT2D eigenvalue weighted by molar-refractivity contribution is 9.10. The van der Waals surface area contributed by atoms with Gasteiger partial charge in [-0.1, -0.05) is 15.9 Å². The van der Waals surface area contributed by atoms with Crippen LogP contribution < -0.4 is 5.32 Å². The summed E-state index contributed by atoms with van der Waals surface area (Å²) in [6, 6.07) is 9.43. The fourth-order valence-corrected chi connectivity index (χ4v) is 3.93. The van der Waals surface area contributed by atoms with Crippen molar-refractivity contribution in [1.82, 2.24) is 19.7 Å². The maximum atomic E-state index is 12.6. The van der Waals surface area contributed by atoms with Crippen LogP contribution >= 0.6 is 28.1 Å². The standard InChI is InChI=1S/C21H19BrN4O3S/c1-24-18(20(28)25(2)21(24)30)8-13-11-26(17-6-5-14(22)9-16(13)17)12-19(27)23-10-15-4-3-7-29-15/h3-9,11H,10,12H2,1-2H3,(H,23,27). The number of amides is 2. The largest absolute Gasteiger partial charge is 0.467 e. The molecule has 0 bridgehead atoms. The Hall–Kier alpha value is -2.91. The van der Waals surface area contributed by atoms with E-state index in [-0.39, 0.29) is 18.4 Å². The average Bonchev–Trinajstić information content (AvgIpc) is 3.40. The second-order valence-corrected chi connectivity index (χ2v) is 8.25. The van der Waals surface area contributed by atoms with Crippen molar-refractivity contribution < 1.29 is 14.0 Å². The van der Waals surface area contributed by atoms with Crippen LogP contribution in [0.5, 0.6) is 0 Å². The molecule has 1 N–H and O–H groups in total. The van der Waals surface area contributed by atoms with Crippen LogP contribution in [0.15, 0.2) is 57.4 Å². The monoisotopic (exact) mass is 486 g/mol. The van der Waals surface area contributed by atoms with Gasteiger partial charge in [-0.15, -0.1) is 0 Å². The number of rotatable bonds is 5. The zero-order valence-corrected chi connectivity index (χ0v) is 18.8. The molecule has 1 aromatic carbocycles. The number of nitrogens with one attached hydrogen (secondary N) is 1. The fraction of sp³-hybridized carbons (Fsp3) is 0.190. The van der Waals surface area contributed by atoms with Crippen LogP contribution in [0.25, 0.3) is 17.0 Å². The predicted octanol–water partition coefficient (Wildman–Crippen LogP) is 3.34. The van der Waals surface area contributed by atoms with E-state index in [9.17, 15) is 9.59 Å². The Bertz CT molecular complexity index is 1180. The molecular formula is C21H19BrN4O3S. The Morgan fingerprint density at radius 2 is 2.07 bits per heavy atom. The molecule has 1 aliphatic heterocycles. The van der Waals surface area contributed by atoms with Gasteiger partial charge in [-0.05, 0) is 48.6 Å². The summed E-state index contributed by atoms with van der Waals surface area (Å²) in [7, 11) is 3.43. The van der Waals surface area contributed by atoms with Crippen molar-refractivity contribution >= 4 is 62.1 Å². The molecule has 0 radical (unpaired) electrons. The number of aromatic nitrogens is 1. The number of nitrogens with zero attached hydrogens (tertiary/aromatic N) is 3. The Morgan fingerprint density at radius 3 is 2.73 bits per heavy atom. The SMILES string of the molecule is CN1C(=O)C(=Cc2cn(CC(=O)NCc3ccco3)c3ccc(Br)cc23)N(C)C1=S. The highest BCUT2D eigenvalue weighted by Crippen LogP contribution is 2.29. The average molecular weight is 487 g/mol. The summed E-state index contributed by atoms with van der Waals surface area (Å²) in [6.07, 6.45) is 5.26. The maximum Gasteiger partial charge on any atom is 0.276 e. The quantitative estimate of drug-likeness (QED) is 0.442. The molecule has 0 atom stereocenters. The minimum absolute atomic E-state index is 0.139. The predicted molar refractivity (Wildman–Crippen MR) is 121 cm³/mol. The smallest absolute Gasteiger partial charge is 0.276 e. The Balaban J connectivity index is 1.65. The minimum atomic E-state index is -0.158. The third-order valence-electron chi connectivity index (χ3n) is 4.98. The first-order valence-corrected chi connectivity index (χ1v) is 10.4. The van der Waals surface area contributed by atoms with Gasteiger partial charge in [0.1, 0.15) is 18.0 Å². The highest BCUT2D eigenvalue weighted by Gasteiger charge is 2.33. The van der Waals surface area contributed by atoms with E-state index in [2.05, 4.69) is 21.2 Å². The van der Waals surface area contributed by atoms with Crippen LogP contribution in [0.3, 0.4) is 0 Å². The number of thiocarbonyl (C=S) groups is 1. The van der Waals surface area contributed by atoms with E-state index in [0.717, 1.165) is 20.9 Å². The number of benzene rings is 1. The lowest BCUT2D eigenvalue weighted by Gasteiger charge is -2.10. The number of hydrogen-bond donors (Lipinski definition) is 1. The van der Waals surface area contributed by atoms with Crippen LogP contribution in [0.1, 0.15) is 11.3 Å². The van der Waals surface area contributed by atoms with Gasteiger partial charge in [-0.25, -0.2) is 0 Å². The molecule has 3 heterocycles. The third kappa shape index (κ3) is 3.78. The molecule has 0 spiro atoms. The number of halogens is 1. The second kappa shape index (κ2) is 8.08. The topological polar surface area (TPSA) is 70.7 Å². The summed E-state index contributed by atoms with van der Waals surface area (Å²) < 4.78 is 8.03. The molecule has 0 aliphatic carbocycles. The van der Waals surface area contributed by atoms with Gasteiger partial charge in [0.15, 0.2) is 5.11 Å². The van der Waals surface area contributed by atoms with Crippen molar-refractivity contribution in [2.75, 3.05) is 14.1 Å². The lowest BCUT2D eigenvalue weighted by atomic mass is 10.1. The molecule has 7 nitrogen and oxygen atoms in total. The van der Waals surface area contributed by atoms with Crippen molar-refractivity contribution in [1.29, 1.82) is 0 Å². The number of likely N-dealkylation sites (N-methyl/N-ethyl adjacent to an activating group) is 2. The minimum Gasteiger partial charge on any atom is -0.467 e. The first kappa shape index (κ1) is 20.4. The van der Waals surface area contributed by atoms with Crippen LogP contribution in [0, 0.1) is 0 Å². The van der Waals surface area contributed by atoms with Gasteiger partial charge >= 0.3 is 0 Å². The van der Waals surface area contributed by atoms with Gasteiger partial charge in [0.25, 0.3) is 5.91 Å². The summed E-state index contributed by atoms with van der Waals surface area (Å²) in [6.45, 7) is 0.473. The molecule has 0 saturated carbocycles. The molecule has 2 aromatic heterocycles. The normalized spacial score (nSPS) is 15.6. The molecule has 2 amide bonds. The van der Waals surface area contributed by atoms with Crippen molar-refractivity contribution in [3.63, 3.8) is 0 Å². The maximum absolute atomic E-state index is 12.6. The van der Waals surface area contributed by atoms with E-state index in [1.165, 1.54) is 4.90 Å². The van der Waals surface area contributed by atoms with Gasteiger partial charge in [-0.2, -0.15) is 0 Å². The molecule has 1 fully saturated rings. The zero-order chi connectivity index (χ0) is 21.4. The lowest BCUT2D eigenvalue weighted by Crippen LogP contribution is -2.26. The number of fused-ring (bicyclic) bond motifs is 1. The molecule has 0 unspecified atom stereocenters. The van der Waals surface area contributed by atoms with E-state index in [4.69, 9.17) is 16.6 Å². The van der Waals surface area contributed by atoms with E-state index in [1.807, 2.05) is 41.1 Å². The van der Waals surface area contributed by atoms with E-state index in [0.29, 0.717) is 23.1 Å². The van der Waals surface area contributed by atoms with Gasteiger partial charge in [0, 0.05) is 41.2 Å². The molecule has 1 saturated heterocycles. The number of hydrogen-bond acceptors (Lipinski definition) is 4. The summed E-state index contributed by atoms with van der Waals surface area (Å²) in [5.74, 6) is 0.396. The van der Waals surface area contributed by atoms with Crippen LogP contribution in [-0.2, 0) is 22.7 Å². The van der Waals surface area contributed by atoms with Crippen molar-refractivity contribution in [3.8, 4) is 0 Å².